The molecule has 1 aliphatic heterocycles. The van der Waals surface area contributed by atoms with Crippen molar-refractivity contribution in [3.8, 4) is 0 Å². The number of carbonyl (C=O) groups excluding carboxylic acids is 1. The second-order valence-electron chi connectivity index (χ2n) is 9.62. The van der Waals surface area contributed by atoms with E-state index in [0.29, 0.717) is 29.6 Å². The highest BCUT2D eigenvalue weighted by atomic mass is 32.2. The first-order chi connectivity index (χ1) is 17.1. The molecule has 7 heteroatoms. The number of ketones is 1. The summed E-state index contributed by atoms with van der Waals surface area (Å²) in [6.45, 7) is 1.53. The van der Waals surface area contributed by atoms with Crippen molar-refractivity contribution in [2.45, 2.75) is 50.2 Å². The van der Waals surface area contributed by atoms with Crippen LogP contribution in [0, 0.1) is 11.2 Å². The molecule has 1 atom stereocenters. The summed E-state index contributed by atoms with van der Waals surface area (Å²) >= 11 is 1.94. The monoisotopic (exact) mass is 490 g/mol. The van der Waals surface area contributed by atoms with Crippen LogP contribution in [0.15, 0.2) is 77.1 Å². The highest BCUT2D eigenvalue weighted by Gasteiger charge is 2.49. The summed E-state index contributed by atoms with van der Waals surface area (Å²) in [5.74, 6) is -0.258. The Hall–Kier alpha value is -2.77. The van der Waals surface area contributed by atoms with Crippen molar-refractivity contribution >= 4 is 29.1 Å². The number of carbonyl (C=O) groups is 1. The number of piperidine rings is 1. The zero-order chi connectivity index (χ0) is 24.3. The van der Waals surface area contributed by atoms with Gasteiger partial charge in [-0.25, -0.2) is 13.7 Å². The first kappa shape index (κ1) is 23.9. The minimum atomic E-state index is -0.721. The number of nitrogens with zero attached hydrogens (tertiary/aromatic N) is 3. The number of fused-ring (bicyclic) bond motifs is 1. The Balaban J connectivity index is 1.52. The van der Waals surface area contributed by atoms with Gasteiger partial charge in [0.05, 0.1) is 16.8 Å². The van der Waals surface area contributed by atoms with Crippen LogP contribution in [0.5, 0.6) is 0 Å². The number of halogens is 1. The Morgan fingerprint density at radius 1 is 1.17 bits per heavy atom. The number of benzene rings is 1. The lowest BCUT2D eigenvalue weighted by Gasteiger charge is -2.46. The predicted molar refractivity (Wildman–Crippen MR) is 140 cm³/mol. The lowest BCUT2D eigenvalue weighted by atomic mass is 9.64. The lowest BCUT2D eigenvalue weighted by molar-refractivity contribution is 0.0775. The fourth-order valence-electron chi connectivity index (χ4n) is 5.43. The van der Waals surface area contributed by atoms with Crippen molar-refractivity contribution in [3.05, 3.63) is 83.6 Å². The third-order valence-corrected chi connectivity index (χ3v) is 8.66. The van der Waals surface area contributed by atoms with Crippen LogP contribution < -0.4 is 5.73 Å². The van der Waals surface area contributed by atoms with Gasteiger partial charge in [0, 0.05) is 24.5 Å². The number of Topliss-reactive ketones (excluding diaryl/α,β-unsaturated/α-hetero) is 1. The van der Waals surface area contributed by atoms with Crippen LogP contribution in [0.25, 0.3) is 0 Å². The molecular weight excluding hydrogens is 459 g/mol. The lowest BCUT2D eigenvalue weighted by Crippen LogP contribution is -2.50. The molecule has 2 heterocycles. The van der Waals surface area contributed by atoms with Gasteiger partial charge in [-0.05, 0) is 79.9 Å². The van der Waals surface area contributed by atoms with Crippen LogP contribution in [0.2, 0.25) is 0 Å². The molecule has 35 heavy (non-hydrogen) atoms. The van der Waals surface area contributed by atoms with Crippen LogP contribution in [-0.2, 0) is 0 Å². The van der Waals surface area contributed by atoms with Gasteiger partial charge in [-0.1, -0.05) is 42.8 Å². The maximum Gasteiger partial charge on any atom is 0.192 e. The molecular formula is C28H31FN4OS. The second-order valence-corrected chi connectivity index (χ2v) is 11.0. The molecule has 2 fully saturated rings. The number of pyridine rings is 1. The van der Waals surface area contributed by atoms with Crippen LogP contribution in [0.4, 0.5) is 10.1 Å². The minimum Gasteiger partial charge on any atom is -0.404 e. The Labute approximate surface area is 210 Å². The molecule has 1 saturated carbocycles. The Morgan fingerprint density at radius 2 is 1.97 bits per heavy atom. The number of aromatic nitrogens is 1. The molecule has 0 bridgehead atoms. The Morgan fingerprint density at radius 3 is 2.69 bits per heavy atom. The van der Waals surface area contributed by atoms with Crippen LogP contribution >= 0.6 is 11.9 Å². The molecule has 0 amide bonds. The molecule has 5 rings (SSSR count). The summed E-state index contributed by atoms with van der Waals surface area (Å²) in [7, 11) is 0. The molecule has 2 N–H and O–H groups in total. The Kier molecular flexibility index (Phi) is 7.16. The average Bonchev–Trinajstić information content (AvgIpc) is 2.90. The van der Waals surface area contributed by atoms with E-state index in [1.165, 1.54) is 44.2 Å². The number of rotatable bonds is 5. The normalized spacial score (nSPS) is 25.9. The summed E-state index contributed by atoms with van der Waals surface area (Å²) in [5.41, 5.74) is 9.17. The van der Waals surface area contributed by atoms with E-state index >= 15 is 0 Å². The molecule has 1 aromatic carbocycles. The van der Waals surface area contributed by atoms with Gasteiger partial charge in [0.2, 0.25) is 0 Å². The quantitative estimate of drug-likeness (QED) is 0.410. The first-order valence-corrected chi connectivity index (χ1v) is 13.2. The van der Waals surface area contributed by atoms with Crippen molar-refractivity contribution in [1.82, 2.24) is 9.29 Å². The number of allylic oxidation sites excluding steroid dienone is 2. The van der Waals surface area contributed by atoms with E-state index in [0.717, 1.165) is 29.8 Å². The van der Waals surface area contributed by atoms with Crippen molar-refractivity contribution in [2.75, 3.05) is 13.1 Å². The van der Waals surface area contributed by atoms with Crippen molar-refractivity contribution in [2.24, 2.45) is 16.1 Å². The van der Waals surface area contributed by atoms with Gasteiger partial charge in [0.1, 0.15) is 11.5 Å². The molecule has 3 aliphatic rings. The van der Waals surface area contributed by atoms with E-state index < -0.39 is 5.41 Å². The van der Waals surface area contributed by atoms with Gasteiger partial charge in [-0.2, -0.15) is 0 Å². The molecule has 2 aromatic rings. The minimum absolute atomic E-state index is 0.0403. The molecule has 0 radical (unpaired) electrons. The molecule has 182 valence electrons. The first-order valence-electron chi connectivity index (χ1n) is 12.4. The van der Waals surface area contributed by atoms with Gasteiger partial charge >= 0.3 is 0 Å². The summed E-state index contributed by atoms with van der Waals surface area (Å²) in [6.07, 6.45) is 12.9. The fraction of sp³-hybridized carbons (Fsp3) is 0.393. The van der Waals surface area contributed by atoms with E-state index in [2.05, 4.69) is 9.29 Å². The number of aliphatic imine (C=N–C) groups is 1. The van der Waals surface area contributed by atoms with Gasteiger partial charge in [-0.3, -0.25) is 9.78 Å². The van der Waals surface area contributed by atoms with Crippen molar-refractivity contribution < 1.29 is 9.18 Å². The highest BCUT2D eigenvalue weighted by Crippen LogP contribution is 2.48. The van der Waals surface area contributed by atoms with E-state index in [1.807, 2.05) is 30.2 Å². The third-order valence-electron chi connectivity index (χ3n) is 7.28. The summed E-state index contributed by atoms with van der Waals surface area (Å²) in [6, 6.07) is 11.6. The van der Waals surface area contributed by atoms with E-state index in [-0.39, 0.29) is 11.6 Å². The van der Waals surface area contributed by atoms with Gasteiger partial charge in [-0.15, -0.1) is 0 Å². The maximum absolute atomic E-state index is 14.1. The Bertz CT molecular complexity index is 1160. The molecule has 0 spiro atoms. The topological polar surface area (TPSA) is 71.6 Å². The second kappa shape index (κ2) is 10.5. The average molecular weight is 491 g/mol. The van der Waals surface area contributed by atoms with Crippen molar-refractivity contribution in [3.63, 3.8) is 0 Å². The SMILES string of the molecule is NC=C1CC2(C(=O)c3ccccn3)CN(SC3CCCCC3)CCC2=CC1=Nc1ccc(F)cc1. The summed E-state index contributed by atoms with van der Waals surface area (Å²) in [4.78, 5) is 23.2. The molecule has 2 aliphatic carbocycles. The van der Waals surface area contributed by atoms with E-state index in [9.17, 15) is 9.18 Å². The zero-order valence-electron chi connectivity index (χ0n) is 19.8. The predicted octanol–water partition coefficient (Wildman–Crippen LogP) is 6.02. The largest absolute Gasteiger partial charge is 0.404 e. The molecule has 5 nitrogen and oxygen atoms in total. The standard InChI is InChI=1S/C28H31FN4OS/c29-22-9-11-23(12-10-22)32-26-16-21-13-15-33(35-24-6-2-1-3-7-24)19-28(21,17-20(26)18-30)27(34)25-8-4-5-14-31-25/h4-5,8-12,14,16,18,24H,1-3,6-7,13,15,17,19,30H2. The van der Waals surface area contributed by atoms with Crippen LogP contribution in [0.3, 0.4) is 0 Å². The molecule has 1 aromatic heterocycles. The van der Waals surface area contributed by atoms with E-state index in [4.69, 9.17) is 10.7 Å². The smallest absolute Gasteiger partial charge is 0.192 e. The van der Waals surface area contributed by atoms with Crippen LogP contribution in [-0.4, -0.2) is 39.1 Å². The number of hydrogen-bond acceptors (Lipinski definition) is 6. The van der Waals surface area contributed by atoms with Gasteiger partial charge in [0.15, 0.2) is 5.78 Å². The summed E-state index contributed by atoms with van der Waals surface area (Å²) in [5, 5.41) is 0.625. The molecule has 1 unspecified atom stereocenters. The highest BCUT2D eigenvalue weighted by molar-refractivity contribution is 7.97. The van der Waals surface area contributed by atoms with E-state index in [1.54, 1.807) is 30.6 Å². The van der Waals surface area contributed by atoms with Crippen LogP contribution in [0.1, 0.15) is 55.4 Å². The zero-order valence-corrected chi connectivity index (χ0v) is 20.6. The number of nitrogens with two attached hydrogens (primary N) is 1. The molecule has 1 saturated heterocycles. The van der Waals surface area contributed by atoms with Gasteiger partial charge < -0.3 is 5.73 Å². The summed E-state index contributed by atoms with van der Waals surface area (Å²) < 4.78 is 15.8. The van der Waals surface area contributed by atoms with Gasteiger partial charge in [0.25, 0.3) is 0 Å². The number of hydrogen-bond donors (Lipinski definition) is 1. The third kappa shape index (κ3) is 5.11. The van der Waals surface area contributed by atoms with Crippen molar-refractivity contribution in [1.29, 1.82) is 0 Å². The maximum atomic E-state index is 14.1. The fourth-order valence-corrected chi connectivity index (χ4v) is 6.89.